The van der Waals surface area contributed by atoms with Gasteiger partial charge in [-0.2, -0.15) is 0 Å². The molecule has 1 amide bonds. The molecule has 0 N–H and O–H groups in total. The lowest BCUT2D eigenvalue weighted by Gasteiger charge is -2.17. The molecule has 0 spiro atoms. The van der Waals surface area contributed by atoms with E-state index < -0.39 is 0 Å². The molecule has 0 aromatic carbocycles. The summed E-state index contributed by atoms with van der Waals surface area (Å²) < 4.78 is 1.82. The summed E-state index contributed by atoms with van der Waals surface area (Å²) in [5.74, 6) is 0.733. The van der Waals surface area contributed by atoms with Crippen molar-refractivity contribution in [3.05, 3.63) is 49.8 Å². The Morgan fingerprint density at radius 1 is 1.13 bits per heavy atom. The highest BCUT2D eigenvalue weighted by Crippen LogP contribution is 2.35. The van der Waals surface area contributed by atoms with Crippen LogP contribution in [-0.2, 0) is 25.8 Å². The Kier molecular flexibility index (Phi) is 5.52. The van der Waals surface area contributed by atoms with Crippen molar-refractivity contribution >= 4 is 43.9 Å². The van der Waals surface area contributed by atoms with E-state index in [1.165, 1.54) is 22.6 Å². The maximum atomic E-state index is 13.6. The van der Waals surface area contributed by atoms with Crippen molar-refractivity contribution in [2.24, 2.45) is 0 Å². The Hall–Kier alpha value is -2.32. The molecule has 6 nitrogen and oxygen atoms in total. The van der Waals surface area contributed by atoms with Gasteiger partial charge in [0.2, 0.25) is 0 Å². The second kappa shape index (κ2) is 8.31. The molecule has 5 rings (SSSR count). The van der Waals surface area contributed by atoms with Crippen LogP contribution in [0.15, 0.2) is 17.4 Å². The molecule has 31 heavy (non-hydrogen) atoms. The fraction of sp³-hybridized carbons (Fsp3) is 0.478. The Bertz CT molecular complexity index is 1210. The number of aryl methyl sites for hydroxylation is 4. The van der Waals surface area contributed by atoms with Crippen LogP contribution in [0.4, 0.5) is 5.13 Å². The zero-order valence-corrected chi connectivity index (χ0v) is 19.4. The van der Waals surface area contributed by atoms with E-state index in [1.807, 2.05) is 11.5 Å². The molecular weight excluding hydrogens is 428 g/mol. The van der Waals surface area contributed by atoms with Crippen molar-refractivity contribution in [3.8, 4) is 0 Å². The van der Waals surface area contributed by atoms with Gasteiger partial charge in [0.15, 0.2) is 5.13 Å². The molecule has 0 saturated carbocycles. The average Bonchev–Trinajstić information content (AvgIpc) is 3.24. The van der Waals surface area contributed by atoms with Crippen molar-refractivity contribution in [2.45, 2.75) is 64.8 Å². The summed E-state index contributed by atoms with van der Waals surface area (Å²) in [6, 6.07) is 0. The van der Waals surface area contributed by atoms with Crippen LogP contribution in [0.1, 0.15) is 63.7 Å². The molecule has 0 radical (unpaired) electrons. The third-order valence-electron chi connectivity index (χ3n) is 6.23. The first-order chi connectivity index (χ1) is 15.1. The second-order valence-electron chi connectivity index (χ2n) is 8.31. The molecule has 1 aliphatic heterocycles. The van der Waals surface area contributed by atoms with Gasteiger partial charge in [0, 0.05) is 24.4 Å². The van der Waals surface area contributed by atoms with Crippen molar-refractivity contribution in [2.75, 3.05) is 11.4 Å². The lowest BCUT2D eigenvalue weighted by molar-refractivity contribution is 0.0993. The predicted molar refractivity (Wildman–Crippen MR) is 127 cm³/mol. The van der Waals surface area contributed by atoms with Gasteiger partial charge in [-0.15, -0.1) is 29.3 Å². The quantitative estimate of drug-likeness (QED) is 0.538. The number of fused-ring (bicyclic) bond motifs is 3. The van der Waals surface area contributed by atoms with E-state index in [0.29, 0.717) is 28.2 Å². The molecule has 1 aliphatic carbocycles. The molecule has 0 bridgehead atoms. The molecule has 3 aromatic heterocycles. The highest BCUT2D eigenvalue weighted by Gasteiger charge is 2.28. The van der Waals surface area contributed by atoms with Crippen LogP contribution in [0.3, 0.4) is 0 Å². The number of thiazole rings is 1. The third-order valence-corrected chi connectivity index (χ3v) is 8.58. The van der Waals surface area contributed by atoms with Gasteiger partial charge in [0.05, 0.1) is 16.0 Å². The predicted octanol–water partition coefficient (Wildman–Crippen LogP) is 4.66. The number of carbonyl (C=O) groups is 1. The first-order valence-corrected chi connectivity index (χ1v) is 12.7. The number of amides is 1. The van der Waals surface area contributed by atoms with E-state index in [9.17, 15) is 9.59 Å². The number of carbonyl (C=O) groups excluding carboxylic acids is 1. The zero-order chi connectivity index (χ0) is 21.5. The van der Waals surface area contributed by atoms with Gasteiger partial charge in [-0.05, 0) is 51.0 Å². The molecule has 2 aliphatic rings. The van der Waals surface area contributed by atoms with Gasteiger partial charge in [-0.1, -0.05) is 12.5 Å². The zero-order valence-electron chi connectivity index (χ0n) is 17.8. The first-order valence-electron chi connectivity index (χ1n) is 11.0. The average molecular weight is 455 g/mol. The molecule has 162 valence electrons. The van der Waals surface area contributed by atoms with Gasteiger partial charge in [-0.25, -0.2) is 9.97 Å². The van der Waals surface area contributed by atoms with Gasteiger partial charge in [0.25, 0.3) is 11.5 Å². The maximum Gasteiger partial charge on any atom is 0.270 e. The highest BCUT2D eigenvalue weighted by atomic mass is 32.1. The molecule has 4 heterocycles. The Balaban J connectivity index is 1.58. The fourth-order valence-corrected chi connectivity index (χ4v) is 6.86. The van der Waals surface area contributed by atoms with E-state index in [2.05, 4.69) is 6.58 Å². The van der Waals surface area contributed by atoms with Crippen LogP contribution in [0.25, 0.3) is 10.2 Å². The van der Waals surface area contributed by atoms with Gasteiger partial charge in [0.1, 0.15) is 10.7 Å². The molecule has 0 unspecified atom stereocenters. The van der Waals surface area contributed by atoms with Crippen molar-refractivity contribution in [1.82, 2.24) is 14.5 Å². The lowest BCUT2D eigenvalue weighted by atomic mass is 10.0. The minimum Gasteiger partial charge on any atom is -0.296 e. The van der Waals surface area contributed by atoms with Gasteiger partial charge < -0.3 is 0 Å². The van der Waals surface area contributed by atoms with Crippen LogP contribution in [0.5, 0.6) is 0 Å². The monoisotopic (exact) mass is 454 g/mol. The summed E-state index contributed by atoms with van der Waals surface area (Å²) in [6.07, 6.45) is 10.1. The van der Waals surface area contributed by atoms with Crippen LogP contribution >= 0.6 is 22.7 Å². The minimum atomic E-state index is -0.119. The van der Waals surface area contributed by atoms with E-state index in [-0.39, 0.29) is 11.5 Å². The van der Waals surface area contributed by atoms with Crippen molar-refractivity contribution < 1.29 is 4.79 Å². The SMILES string of the molecule is C=CCN(C(=O)c1sc2nc3n(c(=O)c2c1C)CCCCC3)c1nc2c(s1)CCCC2. The van der Waals surface area contributed by atoms with Crippen molar-refractivity contribution in [1.29, 1.82) is 0 Å². The van der Waals surface area contributed by atoms with Crippen LogP contribution < -0.4 is 10.5 Å². The standard InChI is InChI=1S/C23H26N4O2S2/c1-3-12-27(23-24-15-9-6-7-10-16(15)30-23)22(29)19-14(2)18-20(31-19)25-17-11-5-4-8-13-26(17)21(18)28/h3H,1,4-13H2,2H3. The molecule has 0 atom stereocenters. The molecule has 8 heteroatoms. The van der Waals surface area contributed by atoms with Gasteiger partial charge in [-0.3, -0.25) is 19.1 Å². The van der Waals surface area contributed by atoms with Gasteiger partial charge >= 0.3 is 0 Å². The molecule has 0 saturated heterocycles. The highest BCUT2D eigenvalue weighted by molar-refractivity contribution is 7.21. The largest absolute Gasteiger partial charge is 0.296 e. The summed E-state index contributed by atoms with van der Waals surface area (Å²) in [6.45, 7) is 6.82. The normalized spacial score (nSPS) is 15.9. The van der Waals surface area contributed by atoms with E-state index >= 15 is 0 Å². The second-order valence-corrected chi connectivity index (χ2v) is 10.4. The van der Waals surface area contributed by atoms with Crippen LogP contribution in [0.2, 0.25) is 0 Å². The number of nitrogens with zero attached hydrogens (tertiary/aromatic N) is 4. The topological polar surface area (TPSA) is 68.1 Å². The van der Waals surface area contributed by atoms with Crippen LogP contribution in [-0.4, -0.2) is 27.0 Å². The van der Waals surface area contributed by atoms with Crippen LogP contribution in [0, 0.1) is 6.92 Å². The number of aromatic nitrogens is 3. The first kappa shape index (κ1) is 20.6. The number of rotatable bonds is 4. The summed E-state index contributed by atoms with van der Waals surface area (Å²) in [7, 11) is 0. The maximum absolute atomic E-state index is 13.6. The number of thiophene rings is 1. The number of anilines is 1. The summed E-state index contributed by atoms with van der Waals surface area (Å²) in [5, 5.41) is 1.32. The fourth-order valence-electron chi connectivity index (χ4n) is 4.57. The lowest BCUT2D eigenvalue weighted by Crippen LogP contribution is -2.31. The van der Waals surface area contributed by atoms with E-state index in [1.54, 1.807) is 22.3 Å². The summed E-state index contributed by atoms with van der Waals surface area (Å²) >= 11 is 2.95. The number of hydrogen-bond donors (Lipinski definition) is 0. The van der Waals surface area contributed by atoms with E-state index in [0.717, 1.165) is 67.2 Å². The summed E-state index contributed by atoms with van der Waals surface area (Å²) in [4.78, 5) is 40.8. The Labute approximate surface area is 189 Å². The molecule has 3 aromatic rings. The smallest absolute Gasteiger partial charge is 0.270 e. The minimum absolute atomic E-state index is 0.00492. The Morgan fingerprint density at radius 2 is 1.94 bits per heavy atom. The molecule has 0 fully saturated rings. The third kappa shape index (κ3) is 3.55. The van der Waals surface area contributed by atoms with Crippen molar-refractivity contribution in [3.63, 3.8) is 0 Å². The Morgan fingerprint density at radius 3 is 2.74 bits per heavy atom. The number of hydrogen-bond acceptors (Lipinski definition) is 6. The van der Waals surface area contributed by atoms with E-state index in [4.69, 9.17) is 9.97 Å². The molecular formula is C23H26N4O2S2. The summed E-state index contributed by atoms with van der Waals surface area (Å²) in [5.41, 5.74) is 1.86.